The van der Waals surface area contributed by atoms with E-state index in [1.54, 1.807) is 11.8 Å². The second-order valence-electron chi connectivity index (χ2n) is 4.35. The van der Waals surface area contributed by atoms with Crippen molar-refractivity contribution in [2.24, 2.45) is 0 Å². The fraction of sp³-hybridized carbons (Fsp3) is 0.455. The van der Waals surface area contributed by atoms with Gasteiger partial charge in [-0.2, -0.15) is 16.1 Å². The van der Waals surface area contributed by atoms with Crippen molar-refractivity contribution in [3.63, 3.8) is 0 Å². The highest BCUT2D eigenvalue weighted by atomic mass is 32.2. The Kier molecular flexibility index (Phi) is 4.03. The number of halogens is 2. The summed E-state index contributed by atoms with van der Waals surface area (Å²) in [5.74, 6) is -0.837. The van der Waals surface area contributed by atoms with Gasteiger partial charge in [0, 0.05) is 24.5 Å². The Morgan fingerprint density at radius 1 is 1.37 bits per heavy atom. The maximum Gasteiger partial charge on any atom is 0.248 e. The Hall–Kier alpha value is -0.860. The van der Waals surface area contributed by atoms with E-state index in [0.717, 1.165) is 22.2 Å². The van der Waals surface area contributed by atoms with E-state index in [4.69, 9.17) is 5.73 Å². The number of hydrogen-bond donors (Lipinski definition) is 1. The van der Waals surface area contributed by atoms with Crippen LogP contribution in [0, 0.1) is 11.6 Å². The summed E-state index contributed by atoms with van der Waals surface area (Å²) in [5, 5.41) is 0. The van der Waals surface area contributed by atoms with Gasteiger partial charge in [-0.05, 0) is 24.3 Å². The number of anilines is 1. The quantitative estimate of drug-likeness (QED) is 0.863. The van der Waals surface area contributed by atoms with Crippen LogP contribution in [-0.4, -0.2) is 37.3 Å². The van der Waals surface area contributed by atoms with Crippen LogP contribution >= 0.6 is 11.8 Å². The second kappa shape index (κ2) is 5.26. The first-order valence-corrected chi connectivity index (χ1v) is 8.24. The van der Waals surface area contributed by atoms with Crippen molar-refractivity contribution in [2.75, 3.05) is 24.3 Å². The van der Waals surface area contributed by atoms with Crippen molar-refractivity contribution < 1.29 is 17.2 Å². The van der Waals surface area contributed by atoms with Crippen LogP contribution < -0.4 is 5.73 Å². The van der Waals surface area contributed by atoms with E-state index in [0.29, 0.717) is 12.2 Å². The maximum absolute atomic E-state index is 13.7. The summed E-state index contributed by atoms with van der Waals surface area (Å²) in [6.45, 7) is 0. The summed E-state index contributed by atoms with van der Waals surface area (Å²) < 4.78 is 53.0. The highest BCUT2D eigenvalue weighted by Gasteiger charge is 2.34. The van der Waals surface area contributed by atoms with Gasteiger partial charge in [0.25, 0.3) is 0 Å². The number of thioether (sulfide) groups is 1. The molecule has 2 N–H and O–H groups in total. The van der Waals surface area contributed by atoms with Gasteiger partial charge in [-0.3, -0.25) is 0 Å². The van der Waals surface area contributed by atoms with Crippen LogP contribution in [0.25, 0.3) is 0 Å². The highest BCUT2D eigenvalue weighted by Crippen LogP contribution is 2.29. The highest BCUT2D eigenvalue weighted by molar-refractivity contribution is 7.99. The third-order valence-electron chi connectivity index (χ3n) is 3.08. The number of nitrogens with two attached hydrogens (primary N) is 1. The second-order valence-corrected chi connectivity index (χ2v) is 7.44. The van der Waals surface area contributed by atoms with Crippen molar-refractivity contribution in [1.29, 1.82) is 0 Å². The van der Waals surface area contributed by atoms with E-state index in [1.807, 2.05) is 0 Å². The van der Waals surface area contributed by atoms with Gasteiger partial charge in [0.1, 0.15) is 11.6 Å². The Bertz CT molecular complexity index is 563. The first kappa shape index (κ1) is 14.5. The Labute approximate surface area is 115 Å². The van der Waals surface area contributed by atoms with E-state index < -0.39 is 26.6 Å². The van der Waals surface area contributed by atoms with Gasteiger partial charge >= 0.3 is 0 Å². The Morgan fingerprint density at radius 3 is 2.42 bits per heavy atom. The van der Waals surface area contributed by atoms with Gasteiger partial charge in [-0.1, -0.05) is 0 Å². The van der Waals surface area contributed by atoms with Crippen LogP contribution in [0.4, 0.5) is 14.5 Å². The van der Waals surface area contributed by atoms with Crippen LogP contribution in [0.15, 0.2) is 17.0 Å². The molecule has 0 amide bonds. The van der Waals surface area contributed by atoms with Crippen molar-refractivity contribution >= 4 is 27.5 Å². The summed E-state index contributed by atoms with van der Waals surface area (Å²) >= 11 is 1.62. The number of nitrogen functional groups attached to an aromatic ring is 1. The number of hydrogen-bond acceptors (Lipinski definition) is 4. The number of rotatable bonds is 3. The zero-order valence-corrected chi connectivity index (χ0v) is 11.9. The largest absolute Gasteiger partial charge is 0.399 e. The predicted octanol–water partition coefficient (Wildman–Crippen LogP) is 1.67. The Balaban J connectivity index is 2.44. The molecule has 1 aliphatic heterocycles. The van der Waals surface area contributed by atoms with Crippen LogP contribution in [0.1, 0.15) is 6.42 Å². The molecule has 106 valence electrons. The molecule has 0 aliphatic carbocycles. The molecular weight excluding hydrogens is 294 g/mol. The molecule has 1 aliphatic rings. The van der Waals surface area contributed by atoms with Crippen molar-refractivity contribution in [1.82, 2.24) is 4.31 Å². The minimum atomic E-state index is -4.19. The summed E-state index contributed by atoms with van der Waals surface area (Å²) in [5.41, 5.74) is 5.13. The third-order valence-corrected chi connectivity index (χ3v) is 6.18. The van der Waals surface area contributed by atoms with E-state index in [9.17, 15) is 17.2 Å². The molecule has 1 atom stereocenters. The molecule has 19 heavy (non-hydrogen) atoms. The monoisotopic (exact) mass is 308 g/mol. The van der Waals surface area contributed by atoms with Gasteiger partial charge in [0.05, 0.1) is 0 Å². The van der Waals surface area contributed by atoms with Gasteiger partial charge in [0.2, 0.25) is 10.0 Å². The number of nitrogens with zero attached hydrogens (tertiary/aromatic N) is 1. The summed E-state index contributed by atoms with van der Waals surface area (Å²) in [6, 6.07) is 1.40. The van der Waals surface area contributed by atoms with Gasteiger partial charge in [-0.15, -0.1) is 0 Å². The molecule has 1 aromatic rings. The smallest absolute Gasteiger partial charge is 0.248 e. The first-order valence-electron chi connectivity index (χ1n) is 5.64. The fourth-order valence-corrected chi connectivity index (χ4v) is 4.81. The third kappa shape index (κ3) is 2.70. The fourth-order valence-electron chi connectivity index (χ4n) is 1.98. The van der Waals surface area contributed by atoms with E-state index in [1.165, 1.54) is 7.05 Å². The lowest BCUT2D eigenvalue weighted by molar-refractivity contribution is 0.387. The molecule has 0 radical (unpaired) electrons. The van der Waals surface area contributed by atoms with E-state index in [-0.39, 0.29) is 11.7 Å². The lowest BCUT2D eigenvalue weighted by Crippen LogP contribution is -2.37. The zero-order valence-electron chi connectivity index (χ0n) is 10.3. The topological polar surface area (TPSA) is 63.4 Å². The van der Waals surface area contributed by atoms with Crippen LogP contribution in [-0.2, 0) is 10.0 Å². The minimum absolute atomic E-state index is 0.145. The molecule has 0 saturated carbocycles. The molecule has 1 fully saturated rings. The average Bonchev–Trinajstić information content (AvgIpc) is 2.78. The first-order chi connectivity index (χ1) is 8.84. The molecule has 0 bridgehead atoms. The van der Waals surface area contributed by atoms with E-state index in [2.05, 4.69) is 0 Å². The molecule has 1 saturated heterocycles. The molecular formula is C11H14F2N2O2S2. The van der Waals surface area contributed by atoms with Crippen LogP contribution in [0.3, 0.4) is 0 Å². The molecule has 1 aromatic carbocycles. The number of sulfonamides is 1. The normalized spacial score (nSPS) is 20.1. The van der Waals surface area contributed by atoms with Crippen molar-refractivity contribution in [2.45, 2.75) is 17.4 Å². The SMILES string of the molecule is CN(C1CCSC1)S(=O)(=O)c1c(F)cc(N)cc1F. The van der Waals surface area contributed by atoms with Crippen LogP contribution in [0.2, 0.25) is 0 Å². The van der Waals surface area contributed by atoms with Gasteiger partial charge in [-0.25, -0.2) is 17.2 Å². The molecule has 4 nitrogen and oxygen atoms in total. The molecule has 2 rings (SSSR count). The van der Waals surface area contributed by atoms with E-state index >= 15 is 0 Å². The summed E-state index contributed by atoms with van der Waals surface area (Å²) in [4.78, 5) is -0.930. The lowest BCUT2D eigenvalue weighted by atomic mass is 10.3. The van der Waals surface area contributed by atoms with Crippen LogP contribution in [0.5, 0.6) is 0 Å². The van der Waals surface area contributed by atoms with Gasteiger partial charge in [0.15, 0.2) is 4.90 Å². The van der Waals surface area contributed by atoms with Crippen molar-refractivity contribution in [3.05, 3.63) is 23.8 Å². The summed E-state index contributed by atoms with van der Waals surface area (Å²) in [7, 11) is -2.84. The molecule has 1 unspecified atom stereocenters. The average molecular weight is 308 g/mol. The minimum Gasteiger partial charge on any atom is -0.399 e. The number of benzene rings is 1. The van der Waals surface area contributed by atoms with Crippen molar-refractivity contribution in [3.8, 4) is 0 Å². The molecule has 0 spiro atoms. The Morgan fingerprint density at radius 2 is 1.95 bits per heavy atom. The molecule has 1 heterocycles. The zero-order chi connectivity index (χ0) is 14.2. The van der Waals surface area contributed by atoms with Gasteiger partial charge < -0.3 is 5.73 Å². The lowest BCUT2D eigenvalue weighted by Gasteiger charge is -2.23. The molecule has 0 aromatic heterocycles. The predicted molar refractivity (Wildman–Crippen MR) is 71.4 cm³/mol. The standard InChI is InChI=1S/C11H14F2N2O2S2/c1-15(8-2-3-18-6-8)19(16,17)11-9(12)4-7(14)5-10(11)13/h4-5,8H,2-3,6,14H2,1H3. The maximum atomic E-state index is 13.7. The molecule has 8 heteroatoms. The summed E-state index contributed by atoms with van der Waals surface area (Å²) in [6.07, 6.45) is 0.679.